The molecule has 0 bridgehead atoms. The summed E-state index contributed by atoms with van der Waals surface area (Å²) < 4.78 is 18.1. The minimum Gasteiger partial charge on any atom is -0.487 e. The van der Waals surface area contributed by atoms with Gasteiger partial charge in [-0.2, -0.15) is 0 Å². The molecule has 0 amide bonds. The summed E-state index contributed by atoms with van der Waals surface area (Å²) in [6, 6.07) is 23.5. The first-order valence-corrected chi connectivity index (χ1v) is 16.9. The molecule has 0 aliphatic carbocycles. The van der Waals surface area contributed by atoms with E-state index in [9.17, 15) is 4.79 Å². The van der Waals surface area contributed by atoms with Crippen molar-refractivity contribution in [2.75, 3.05) is 6.61 Å². The molecule has 4 heteroatoms. The molecule has 0 aliphatic rings. The summed E-state index contributed by atoms with van der Waals surface area (Å²) in [6.45, 7) is 9.42. The fourth-order valence-electron chi connectivity index (χ4n) is 5.37. The summed E-state index contributed by atoms with van der Waals surface area (Å²) in [5, 5.41) is 0. The molecule has 0 N–H and O–H groups in total. The van der Waals surface area contributed by atoms with Crippen molar-refractivity contribution < 1.29 is 19.0 Å². The number of unbranched alkanes of at least 4 members (excludes halogenated alkanes) is 8. The molecular formula is C39H54O4. The molecule has 0 saturated heterocycles. The van der Waals surface area contributed by atoms with Gasteiger partial charge in [0.25, 0.3) is 0 Å². The van der Waals surface area contributed by atoms with Crippen LogP contribution in [0.1, 0.15) is 133 Å². The Morgan fingerprint density at radius 2 is 1.21 bits per heavy atom. The van der Waals surface area contributed by atoms with E-state index in [1.54, 1.807) is 0 Å². The molecule has 0 heterocycles. The highest BCUT2D eigenvalue weighted by molar-refractivity contribution is 5.92. The van der Waals surface area contributed by atoms with Gasteiger partial charge in [-0.1, -0.05) is 127 Å². The van der Waals surface area contributed by atoms with Crippen molar-refractivity contribution in [1.82, 2.24) is 0 Å². The van der Waals surface area contributed by atoms with E-state index in [0.717, 1.165) is 49.0 Å². The Morgan fingerprint density at radius 3 is 1.81 bits per heavy atom. The lowest BCUT2D eigenvalue weighted by atomic mass is 10.0. The first-order valence-electron chi connectivity index (χ1n) is 16.9. The van der Waals surface area contributed by atoms with Crippen molar-refractivity contribution in [3.8, 4) is 22.6 Å². The second-order valence-corrected chi connectivity index (χ2v) is 11.7. The van der Waals surface area contributed by atoms with Crippen molar-refractivity contribution in [2.24, 2.45) is 0 Å². The third-order valence-corrected chi connectivity index (χ3v) is 7.99. The molecule has 3 rings (SSSR count). The second kappa shape index (κ2) is 20.0. The summed E-state index contributed by atoms with van der Waals surface area (Å²) in [5.74, 6) is 0.727. The molecule has 0 aliphatic heterocycles. The van der Waals surface area contributed by atoms with Gasteiger partial charge in [-0.05, 0) is 73.6 Å². The van der Waals surface area contributed by atoms with E-state index in [4.69, 9.17) is 14.2 Å². The van der Waals surface area contributed by atoms with Crippen molar-refractivity contribution in [3.05, 3.63) is 83.9 Å². The molecule has 2 unspecified atom stereocenters. The van der Waals surface area contributed by atoms with Crippen LogP contribution in [0.4, 0.5) is 0 Å². The number of hydrogen-bond donors (Lipinski definition) is 0. The topological polar surface area (TPSA) is 44.8 Å². The zero-order chi connectivity index (χ0) is 30.7. The summed E-state index contributed by atoms with van der Waals surface area (Å²) >= 11 is 0. The number of para-hydroxylation sites is 2. The molecule has 0 spiro atoms. The molecule has 0 aromatic heterocycles. The number of benzene rings is 3. The summed E-state index contributed by atoms with van der Waals surface area (Å²) in [5.41, 5.74) is 3.82. The van der Waals surface area contributed by atoms with Crippen LogP contribution in [0.25, 0.3) is 11.1 Å². The Balaban J connectivity index is 1.53. The van der Waals surface area contributed by atoms with Gasteiger partial charge in [-0.15, -0.1) is 0 Å². The van der Waals surface area contributed by atoms with Gasteiger partial charge >= 0.3 is 5.97 Å². The standard InChI is InChI=1S/C39H54O4/c1-5-8-9-10-11-12-13-14-15-19-36(18-6-2)42-37-20-16-17-21-38(37)43-39(40)35-28-26-34(27-29-35)33-24-22-32(23-25-33)31(4)41-30-7-3/h16-17,20-29,31,36H,5-15,18-19,30H2,1-4H3. The zero-order valence-electron chi connectivity index (χ0n) is 27.1. The van der Waals surface area contributed by atoms with E-state index in [-0.39, 0.29) is 18.2 Å². The molecule has 234 valence electrons. The Kier molecular flexibility index (Phi) is 16.0. The van der Waals surface area contributed by atoms with Gasteiger partial charge in [-0.25, -0.2) is 4.79 Å². The van der Waals surface area contributed by atoms with E-state index in [0.29, 0.717) is 17.1 Å². The molecule has 3 aromatic carbocycles. The number of ether oxygens (including phenoxy) is 3. The highest BCUT2D eigenvalue weighted by Crippen LogP contribution is 2.31. The van der Waals surface area contributed by atoms with Crippen LogP contribution in [-0.2, 0) is 4.74 Å². The van der Waals surface area contributed by atoms with Crippen molar-refractivity contribution in [3.63, 3.8) is 0 Å². The maximum atomic E-state index is 13.1. The zero-order valence-corrected chi connectivity index (χ0v) is 27.1. The third kappa shape index (κ3) is 12.2. The largest absolute Gasteiger partial charge is 0.487 e. The first kappa shape index (κ1) is 34.4. The summed E-state index contributed by atoms with van der Waals surface area (Å²) in [6.07, 6.45) is 16.1. The van der Waals surface area contributed by atoms with Gasteiger partial charge in [0.15, 0.2) is 11.5 Å². The highest BCUT2D eigenvalue weighted by Gasteiger charge is 2.16. The van der Waals surface area contributed by atoms with E-state index in [1.165, 1.54) is 57.8 Å². The Hall–Kier alpha value is -3.11. The predicted octanol–water partition coefficient (Wildman–Crippen LogP) is 11.5. The Bertz CT molecular complexity index is 1170. The van der Waals surface area contributed by atoms with Gasteiger partial charge in [-0.3, -0.25) is 0 Å². The minimum absolute atomic E-state index is 0.0742. The molecular weight excluding hydrogens is 532 g/mol. The van der Waals surface area contributed by atoms with Gasteiger partial charge in [0.2, 0.25) is 0 Å². The van der Waals surface area contributed by atoms with E-state index in [2.05, 4.69) is 52.0 Å². The summed E-state index contributed by atoms with van der Waals surface area (Å²) in [7, 11) is 0. The van der Waals surface area contributed by atoms with Crippen LogP contribution in [0.3, 0.4) is 0 Å². The molecule has 2 atom stereocenters. The van der Waals surface area contributed by atoms with E-state index >= 15 is 0 Å². The maximum Gasteiger partial charge on any atom is 0.343 e. The molecule has 0 saturated carbocycles. The molecule has 0 fully saturated rings. The lowest BCUT2D eigenvalue weighted by molar-refractivity contribution is 0.0662. The summed E-state index contributed by atoms with van der Waals surface area (Å²) in [4.78, 5) is 13.1. The predicted molar refractivity (Wildman–Crippen MR) is 179 cm³/mol. The number of rotatable bonds is 21. The van der Waals surface area contributed by atoms with Crippen LogP contribution in [-0.4, -0.2) is 18.7 Å². The SMILES string of the molecule is CCCCCCCCCCCC(CCC)Oc1ccccc1OC(=O)c1ccc(-c2ccc(C(C)OCCC)cc2)cc1. The molecule has 3 aromatic rings. The molecule has 4 nitrogen and oxygen atoms in total. The number of carbonyl (C=O) groups is 1. The normalized spacial score (nSPS) is 12.6. The van der Waals surface area contributed by atoms with Gasteiger partial charge in [0, 0.05) is 6.61 Å². The smallest absolute Gasteiger partial charge is 0.343 e. The fourth-order valence-corrected chi connectivity index (χ4v) is 5.37. The minimum atomic E-state index is -0.383. The van der Waals surface area contributed by atoms with Crippen molar-refractivity contribution in [2.45, 2.75) is 123 Å². The quantitative estimate of drug-likeness (QED) is 0.0707. The maximum absolute atomic E-state index is 13.1. The van der Waals surface area contributed by atoms with E-state index < -0.39 is 0 Å². The Labute approximate surface area is 261 Å². The lowest BCUT2D eigenvalue weighted by Crippen LogP contribution is -2.17. The molecule has 0 radical (unpaired) electrons. The number of carbonyl (C=O) groups excluding carboxylic acids is 1. The first-order chi connectivity index (χ1) is 21.0. The fraction of sp³-hybridized carbons (Fsp3) is 0.513. The van der Waals surface area contributed by atoms with Crippen LogP contribution < -0.4 is 9.47 Å². The average Bonchev–Trinajstić information content (AvgIpc) is 3.04. The van der Waals surface area contributed by atoms with Gasteiger partial charge in [0.05, 0.1) is 17.8 Å². The average molecular weight is 587 g/mol. The Morgan fingerprint density at radius 1 is 0.628 bits per heavy atom. The van der Waals surface area contributed by atoms with Gasteiger partial charge in [0.1, 0.15) is 0 Å². The van der Waals surface area contributed by atoms with E-state index in [1.807, 2.05) is 48.5 Å². The van der Waals surface area contributed by atoms with Crippen molar-refractivity contribution >= 4 is 5.97 Å². The lowest BCUT2D eigenvalue weighted by Gasteiger charge is -2.20. The molecule has 43 heavy (non-hydrogen) atoms. The second-order valence-electron chi connectivity index (χ2n) is 11.7. The van der Waals surface area contributed by atoms with Crippen molar-refractivity contribution in [1.29, 1.82) is 0 Å². The number of hydrogen-bond acceptors (Lipinski definition) is 4. The van der Waals surface area contributed by atoms with Crippen LogP contribution in [0.15, 0.2) is 72.8 Å². The van der Waals surface area contributed by atoms with Gasteiger partial charge < -0.3 is 14.2 Å². The number of esters is 1. The van der Waals surface area contributed by atoms with Crippen LogP contribution in [0.5, 0.6) is 11.5 Å². The highest BCUT2D eigenvalue weighted by atomic mass is 16.6. The van der Waals surface area contributed by atoms with Crippen LogP contribution in [0, 0.1) is 0 Å². The monoisotopic (exact) mass is 586 g/mol. The van der Waals surface area contributed by atoms with Crippen LogP contribution in [0.2, 0.25) is 0 Å². The third-order valence-electron chi connectivity index (χ3n) is 7.99. The van der Waals surface area contributed by atoms with Crippen LogP contribution >= 0.6 is 0 Å².